The quantitative estimate of drug-likeness (QED) is 0.727. The third-order valence-corrected chi connectivity index (χ3v) is 5.47. The van der Waals surface area contributed by atoms with E-state index in [9.17, 15) is 0 Å². The number of nitrogens with zero attached hydrogens (tertiary/aromatic N) is 2. The van der Waals surface area contributed by atoms with Crippen LogP contribution in [0.15, 0.2) is 51.9 Å². The minimum atomic E-state index is -0.380. The Hall–Kier alpha value is -1.85. The molecule has 0 bridgehead atoms. The summed E-state index contributed by atoms with van der Waals surface area (Å²) >= 11 is 1.71. The average molecular weight is 325 g/mol. The lowest BCUT2D eigenvalue weighted by Crippen LogP contribution is -2.34. The van der Waals surface area contributed by atoms with Crippen molar-refractivity contribution in [1.29, 1.82) is 0 Å². The number of aromatic nitrogens is 2. The van der Waals surface area contributed by atoms with Gasteiger partial charge in [0.1, 0.15) is 0 Å². The van der Waals surface area contributed by atoms with E-state index in [1.54, 1.807) is 11.8 Å². The lowest BCUT2D eigenvalue weighted by Gasteiger charge is -2.17. The fourth-order valence-electron chi connectivity index (χ4n) is 3.15. The summed E-state index contributed by atoms with van der Waals surface area (Å²) < 4.78 is 5.39. The summed E-state index contributed by atoms with van der Waals surface area (Å²) in [5.74, 6) is 1.99. The molecule has 118 valence electrons. The molecule has 23 heavy (non-hydrogen) atoms. The molecule has 3 aromatic rings. The fourth-order valence-corrected chi connectivity index (χ4v) is 3.93. The molecule has 0 spiro atoms. The third kappa shape index (κ3) is 2.99. The van der Waals surface area contributed by atoms with Crippen LogP contribution in [-0.4, -0.2) is 10.1 Å². The maximum atomic E-state index is 6.37. The standard InChI is InChI=1S/C18H19N3OS/c19-18(9-3-4-10-18)17-20-16(22-21-17)12-23-15-8-7-13-5-1-2-6-14(13)11-15/h1-2,5-8,11H,3-4,9-10,12,19H2. The molecule has 1 fully saturated rings. The van der Waals surface area contributed by atoms with Gasteiger partial charge in [0, 0.05) is 4.90 Å². The van der Waals surface area contributed by atoms with Crippen LogP contribution in [-0.2, 0) is 11.3 Å². The van der Waals surface area contributed by atoms with Crippen molar-refractivity contribution >= 4 is 22.5 Å². The molecule has 0 atom stereocenters. The highest BCUT2D eigenvalue weighted by atomic mass is 32.2. The van der Waals surface area contributed by atoms with Crippen LogP contribution in [0.1, 0.15) is 37.4 Å². The molecule has 0 radical (unpaired) electrons. The number of hydrogen-bond donors (Lipinski definition) is 1. The van der Waals surface area contributed by atoms with Gasteiger partial charge in [0.05, 0.1) is 11.3 Å². The van der Waals surface area contributed by atoms with Crippen molar-refractivity contribution < 1.29 is 4.52 Å². The molecular formula is C18H19N3OS. The Kier molecular flexibility index (Phi) is 3.83. The lowest BCUT2D eigenvalue weighted by atomic mass is 9.99. The van der Waals surface area contributed by atoms with Crippen molar-refractivity contribution in [2.45, 2.75) is 41.9 Å². The molecular weight excluding hydrogens is 306 g/mol. The molecule has 2 N–H and O–H groups in total. The van der Waals surface area contributed by atoms with Crippen LogP contribution in [0.3, 0.4) is 0 Å². The average Bonchev–Trinajstić information content (AvgIpc) is 3.23. The van der Waals surface area contributed by atoms with Crippen LogP contribution >= 0.6 is 11.8 Å². The molecule has 1 aromatic heterocycles. The number of rotatable bonds is 4. The molecule has 1 aliphatic carbocycles. The van der Waals surface area contributed by atoms with Gasteiger partial charge in [0.25, 0.3) is 0 Å². The van der Waals surface area contributed by atoms with Gasteiger partial charge in [0.15, 0.2) is 5.82 Å². The largest absolute Gasteiger partial charge is 0.338 e. The van der Waals surface area contributed by atoms with Crippen molar-refractivity contribution in [1.82, 2.24) is 10.1 Å². The first-order chi connectivity index (χ1) is 11.2. The Bertz CT molecular complexity index is 824. The van der Waals surface area contributed by atoms with Crippen LogP contribution in [0.5, 0.6) is 0 Å². The van der Waals surface area contributed by atoms with E-state index >= 15 is 0 Å². The molecule has 1 saturated carbocycles. The first-order valence-electron chi connectivity index (χ1n) is 7.97. The van der Waals surface area contributed by atoms with Gasteiger partial charge >= 0.3 is 0 Å². The zero-order valence-electron chi connectivity index (χ0n) is 12.9. The van der Waals surface area contributed by atoms with Gasteiger partial charge in [-0.25, -0.2) is 0 Å². The molecule has 0 aliphatic heterocycles. The monoisotopic (exact) mass is 325 g/mol. The Morgan fingerprint density at radius 2 is 1.87 bits per heavy atom. The summed E-state index contributed by atoms with van der Waals surface area (Å²) in [4.78, 5) is 5.72. The van der Waals surface area contributed by atoms with E-state index in [0.717, 1.165) is 25.7 Å². The van der Waals surface area contributed by atoms with Crippen LogP contribution < -0.4 is 5.73 Å². The van der Waals surface area contributed by atoms with Crippen LogP contribution in [0.4, 0.5) is 0 Å². The highest BCUT2D eigenvalue weighted by Gasteiger charge is 2.35. The Labute approximate surface area is 139 Å². The first-order valence-corrected chi connectivity index (χ1v) is 8.95. The zero-order valence-corrected chi connectivity index (χ0v) is 13.7. The van der Waals surface area contributed by atoms with Gasteiger partial charge in [-0.1, -0.05) is 48.3 Å². The highest BCUT2D eigenvalue weighted by molar-refractivity contribution is 7.98. The van der Waals surface area contributed by atoms with Gasteiger partial charge in [-0.05, 0) is 35.7 Å². The first kappa shape index (κ1) is 14.7. The van der Waals surface area contributed by atoms with Crippen molar-refractivity contribution in [3.05, 3.63) is 54.2 Å². The molecule has 4 rings (SSSR count). The van der Waals surface area contributed by atoms with E-state index in [2.05, 4.69) is 52.6 Å². The topological polar surface area (TPSA) is 64.9 Å². The maximum Gasteiger partial charge on any atom is 0.237 e. The summed E-state index contributed by atoms with van der Waals surface area (Å²) in [6.07, 6.45) is 4.19. The van der Waals surface area contributed by atoms with E-state index in [4.69, 9.17) is 10.3 Å². The van der Waals surface area contributed by atoms with Gasteiger partial charge in [-0.3, -0.25) is 0 Å². The van der Waals surface area contributed by atoms with Gasteiger partial charge in [-0.2, -0.15) is 4.98 Å². The summed E-state index contributed by atoms with van der Waals surface area (Å²) in [6.45, 7) is 0. The Morgan fingerprint density at radius 3 is 2.70 bits per heavy atom. The Balaban J connectivity index is 1.47. The zero-order chi connectivity index (χ0) is 15.7. The summed E-state index contributed by atoms with van der Waals surface area (Å²) in [5.41, 5.74) is 5.99. The number of fused-ring (bicyclic) bond motifs is 1. The molecule has 1 heterocycles. The summed E-state index contributed by atoms with van der Waals surface area (Å²) in [6, 6.07) is 14.8. The number of nitrogens with two attached hydrogens (primary N) is 1. The van der Waals surface area contributed by atoms with Gasteiger partial charge in [0.2, 0.25) is 5.89 Å². The maximum absolute atomic E-state index is 6.37. The minimum Gasteiger partial charge on any atom is -0.338 e. The van der Waals surface area contributed by atoms with Crippen LogP contribution in [0, 0.1) is 0 Å². The minimum absolute atomic E-state index is 0.380. The van der Waals surface area contributed by atoms with Gasteiger partial charge in [-0.15, -0.1) is 11.8 Å². The smallest absolute Gasteiger partial charge is 0.237 e. The van der Waals surface area contributed by atoms with E-state index < -0.39 is 0 Å². The lowest BCUT2D eigenvalue weighted by molar-refractivity contribution is 0.355. The van der Waals surface area contributed by atoms with Crippen molar-refractivity contribution in [3.63, 3.8) is 0 Å². The predicted octanol–water partition coefficient (Wildman–Crippen LogP) is 4.24. The van der Waals surface area contributed by atoms with E-state index in [-0.39, 0.29) is 5.54 Å². The molecule has 2 aromatic carbocycles. The van der Waals surface area contributed by atoms with E-state index in [1.807, 2.05) is 0 Å². The molecule has 0 saturated heterocycles. The van der Waals surface area contributed by atoms with Crippen LogP contribution in [0.2, 0.25) is 0 Å². The molecule has 4 nitrogen and oxygen atoms in total. The normalized spacial score (nSPS) is 16.9. The molecule has 5 heteroatoms. The molecule has 0 amide bonds. The Morgan fingerprint density at radius 1 is 1.09 bits per heavy atom. The molecule has 0 unspecified atom stereocenters. The summed E-state index contributed by atoms with van der Waals surface area (Å²) in [5, 5.41) is 6.61. The van der Waals surface area contributed by atoms with Crippen molar-refractivity contribution in [2.75, 3.05) is 0 Å². The molecule has 1 aliphatic rings. The van der Waals surface area contributed by atoms with Gasteiger partial charge < -0.3 is 10.3 Å². The number of hydrogen-bond acceptors (Lipinski definition) is 5. The second-order valence-electron chi connectivity index (χ2n) is 6.17. The predicted molar refractivity (Wildman–Crippen MR) is 92.1 cm³/mol. The number of benzene rings is 2. The van der Waals surface area contributed by atoms with Crippen molar-refractivity contribution in [2.24, 2.45) is 5.73 Å². The second-order valence-corrected chi connectivity index (χ2v) is 7.22. The SMILES string of the molecule is NC1(c2noc(CSc3ccc4ccccc4c3)n2)CCCC1. The summed E-state index contributed by atoms with van der Waals surface area (Å²) in [7, 11) is 0. The highest BCUT2D eigenvalue weighted by Crippen LogP contribution is 2.35. The van der Waals surface area contributed by atoms with E-state index in [1.165, 1.54) is 15.7 Å². The number of thioether (sulfide) groups is 1. The fraction of sp³-hybridized carbons (Fsp3) is 0.333. The second kappa shape index (κ2) is 5.98. The van der Waals surface area contributed by atoms with E-state index in [0.29, 0.717) is 17.5 Å². The van der Waals surface area contributed by atoms with Crippen molar-refractivity contribution in [3.8, 4) is 0 Å². The third-order valence-electron chi connectivity index (χ3n) is 4.49. The van der Waals surface area contributed by atoms with Crippen LogP contribution in [0.25, 0.3) is 10.8 Å².